The third-order valence-corrected chi connectivity index (χ3v) is 1.57. The van der Waals surface area contributed by atoms with Crippen molar-refractivity contribution in [1.82, 2.24) is 10.2 Å². The lowest BCUT2D eigenvalue weighted by Crippen LogP contribution is -2.10. The number of Topliss-reactive ketones (excluding diaryl/α,β-unsaturated/α-hetero) is 1. The summed E-state index contributed by atoms with van der Waals surface area (Å²) >= 11 is 0. The molecule has 1 aromatic heterocycles. The maximum absolute atomic E-state index is 11.2. The average molecular weight is 182 g/mol. The fourth-order valence-electron chi connectivity index (χ4n) is 0.775. The van der Waals surface area contributed by atoms with Crippen molar-refractivity contribution in [3.8, 4) is 0 Å². The number of carbonyl (C=O) groups is 1. The van der Waals surface area contributed by atoms with Gasteiger partial charge in [-0.15, -0.1) is 0 Å². The number of aromatic amines is 1. The molecule has 3 heteroatoms. The van der Waals surface area contributed by atoms with E-state index in [0.717, 1.165) is 5.69 Å². The zero-order valence-electron chi connectivity index (χ0n) is 8.79. The van der Waals surface area contributed by atoms with Crippen LogP contribution in [0.5, 0.6) is 0 Å². The van der Waals surface area contributed by atoms with Crippen LogP contribution >= 0.6 is 0 Å². The molecule has 1 rings (SSSR count). The van der Waals surface area contributed by atoms with Crippen LogP contribution in [0.4, 0.5) is 0 Å². The van der Waals surface area contributed by atoms with Crippen molar-refractivity contribution >= 4 is 5.78 Å². The van der Waals surface area contributed by atoms with Crippen molar-refractivity contribution in [3.63, 3.8) is 0 Å². The molecule has 0 saturated carbocycles. The number of hydrogen-bond acceptors (Lipinski definition) is 2. The molecule has 1 heterocycles. The third-order valence-electron chi connectivity index (χ3n) is 1.57. The molecular weight excluding hydrogens is 164 g/mol. The number of aromatic nitrogens is 2. The van der Waals surface area contributed by atoms with Crippen LogP contribution in [0.3, 0.4) is 0 Å². The number of rotatable bonds is 3. The number of H-pyrrole nitrogens is 1. The summed E-state index contributed by atoms with van der Waals surface area (Å²) in [6.07, 6.45) is 2.13. The minimum absolute atomic E-state index is 0.110. The molecule has 0 saturated heterocycles. The first-order chi connectivity index (χ1) is 6.20. The van der Waals surface area contributed by atoms with E-state index >= 15 is 0 Å². The molecule has 0 atom stereocenters. The molecule has 0 unspecified atom stereocenters. The van der Waals surface area contributed by atoms with Gasteiger partial charge in [-0.2, -0.15) is 5.10 Å². The van der Waals surface area contributed by atoms with Gasteiger partial charge in [-0.3, -0.25) is 9.89 Å². The van der Waals surface area contributed by atoms with E-state index in [2.05, 4.69) is 10.2 Å². The SMILES string of the molecule is CC.CC(C)C(=O)Cc1ccn[nH]1. The second-order valence-corrected chi connectivity index (χ2v) is 2.88. The molecule has 0 radical (unpaired) electrons. The molecule has 0 bridgehead atoms. The lowest BCUT2D eigenvalue weighted by molar-refractivity contribution is -0.121. The van der Waals surface area contributed by atoms with Gasteiger partial charge in [0.05, 0.1) is 0 Å². The smallest absolute Gasteiger partial charge is 0.141 e. The first-order valence-corrected chi connectivity index (χ1v) is 4.71. The Morgan fingerprint density at radius 1 is 1.54 bits per heavy atom. The van der Waals surface area contributed by atoms with E-state index in [9.17, 15) is 4.79 Å². The molecule has 0 amide bonds. The molecule has 0 aliphatic carbocycles. The van der Waals surface area contributed by atoms with Crippen molar-refractivity contribution in [1.29, 1.82) is 0 Å². The van der Waals surface area contributed by atoms with Crippen LogP contribution in [0.1, 0.15) is 33.4 Å². The second kappa shape index (κ2) is 6.40. The second-order valence-electron chi connectivity index (χ2n) is 2.88. The fraction of sp³-hybridized carbons (Fsp3) is 0.600. The molecule has 3 nitrogen and oxygen atoms in total. The standard InChI is InChI=1S/C8H12N2O.C2H6/c1-6(2)8(11)5-7-3-4-9-10-7;1-2/h3-4,6H,5H2,1-2H3,(H,9,10);1-2H3. The highest BCUT2D eigenvalue weighted by molar-refractivity contribution is 5.82. The Hall–Kier alpha value is -1.12. The Morgan fingerprint density at radius 3 is 2.54 bits per heavy atom. The van der Waals surface area contributed by atoms with Gasteiger partial charge < -0.3 is 0 Å². The molecule has 1 N–H and O–H groups in total. The maximum atomic E-state index is 11.2. The highest BCUT2D eigenvalue weighted by Gasteiger charge is 2.07. The van der Waals surface area contributed by atoms with Crippen molar-refractivity contribution < 1.29 is 4.79 Å². The predicted molar refractivity (Wildman–Crippen MR) is 53.5 cm³/mol. The highest BCUT2D eigenvalue weighted by atomic mass is 16.1. The van der Waals surface area contributed by atoms with Crippen LogP contribution in [0, 0.1) is 5.92 Å². The normalized spacial score (nSPS) is 9.31. The Kier molecular flexibility index (Phi) is 5.85. The largest absolute Gasteiger partial charge is 0.299 e. The zero-order valence-corrected chi connectivity index (χ0v) is 8.79. The summed E-state index contributed by atoms with van der Waals surface area (Å²) in [6.45, 7) is 7.80. The third kappa shape index (κ3) is 4.45. The molecular formula is C10H18N2O. The summed E-state index contributed by atoms with van der Waals surface area (Å²) < 4.78 is 0. The van der Waals surface area contributed by atoms with Gasteiger partial charge in [-0.25, -0.2) is 0 Å². The van der Waals surface area contributed by atoms with E-state index < -0.39 is 0 Å². The first kappa shape index (κ1) is 11.9. The van der Waals surface area contributed by atoms with Crippen molar-refractivity contribution in [2.45, 2.75) is 34.1 Å². The topological polar surface area (TPSA) is 45.8 Å². The number of carbonyl (C=O) groups excluding carboxylic acids is 1. The van der Waals surface area contributed by atoms with Crippen LogP contribution in [0.15, 0.2) is 12.3 Å². The molecule has 74 valence electrons. The highest BCUT2D eigenvalue weighted by Crippen LogP contribution is 2.01. The summed E-state index contributed by atoms with van der Waals surface area (Å²) in [6, 6.07) is 1.82. The van der Waals surface area contributed by atoms with E-state index in [0.29, 0.717) is 6.42 Å². The maximum Gasteiger partial charge on any atom is 0.141 e. The Morgan fingerprint density at radius 2 is 2.15 bits per heavy atom. The predicted octanol–water partition coefficient (Wildman–Crippen LogP) is 2.20. The lowest BCUT2D eigenvalue weighted by atomic mass is 10.1. The summed E-state index contributed by atoms with van der Waals surface area (Å²) in [5, 5.41) is 6.51. The summed E-state index contributed by atoms with van der Waals surface area (Å²) in [5.41, 5.74) is 0.892. The van der Waals surface area contributed by atoms with E-state index in [1.165, 1.54) is 0 Å². The quantitative estimate of drug-likeness (QED) is 0.779. The van der Waals surface area contributed by atoms with Gasteiger partial charge in [0.25, 0.3) is 0 Å². The van der Waals surface area contributed by atoms with Crippen LogP contribution in [0.2, 0.25) is 0 Å². The van der Waals surface area contributed by atoms with Crippen molar-refractivity contribution in [2.24, 2.45) is 5.92 Å². The van der Waals surface area contributed by atoms with Crippen LogP contribution in [0.25, 0.3) is 0 Å². The summed E-state index contributed by atoms with van der Waals surface area (Å²) in [4.78, 5) is 11.2. The molecule has 13 heavy (non-hydrogen) atoms. The average Bonchev–Trinajstić information content (AvgIpc) is 2.60. The van der Waals surface area contributed by atoms with Gasteiger partial charge >= 0.3 is 0 Å². The van der Waals surface area contributed by atoms with Gasteiger partial charge in [-0.05, 0) is 6.07 Å². The van der Waals surface area contributed by atoms with Gasteiger partial charge in [0.2, 0.25) is 0 Å². The molecule has 0 fully saturated rings. The Labute approximate surface area is 79.6 Å². The molecule has 0 aromatic carbocycles. The molecule has 0 aliphatic rings. The Bertz CT molecular complexity index is 227. The van der Waals surface area contributed by atoms with E-state index in [1.807, 2.05) is 33.8 Å². The summed E-state index contributed by atoms with van der Waals surface area (Å²) in [7, 11) is 0. The van der Waals surface area contributed by atoms with Gasteiger partial charge in [0.1, 0.15) is 5.78 Å². The van der Waals surface area contributed by atoms with Crippen molar-refractivity contribution in [3.05, 3.63) is 18.0 Å². The zero-order chi connectivity index (χ0) is 10.3. The van der Waals surface area contributed by atoms with Gasteiger partial charge in [0.15, 0.2) is 0 Å². The number of hydrogen-bond donors (Lipinski definition) is 1. The lowest BCUT2D eigenvalue weighted by Gasteiger charge is -2.00. The fourth-order valence-corrected chi connectivity index (χ4v) is 0.775. The van der Waals surface area contributed by atoms with E-state index in [4.69, 9.17) is 0 Å². The molecule has 1 aromatic rings. The summed E-state index contributed by atoms with van der Waals surface area (Å²) in [5.74, 6) is 0.354. The van der Waals surface area contributed by atoms with E-state index in [-0.39, 0.29) is 11.7 Å². The minimum Gasteiger partial charge on any atom is -0.299 e. The number of ketones is 1. The molecule has 0 spiro atoms. The Balaban J connectivity index is 0.000000671. The first-order valence-electron chi connectivity index (χ1n) is 4.71. The minimum atomic E-state index is 0.110. The van der Waals surface area contributed by atoms with Crippen LogP contribution in [-0.2, 0) is 11.2 Å². The van der Waals surface area contributed by atoms with E-state index in [1.54, 1.807) is 6.20 Å². The van der Waals surface area contributed by atoms with Gasteiger partial charge in [-0.1, -0.05) is 27.7 Å². The van der Waals surface area contributed by atoms with Crippen LogP contribution < -0.4 is 0 Å². The number of nitrogens with zero attached hydrogens (tertiary/aromatic N) is 1. The van der Waals surface area contributed by atoms with Gasteiger partial charge in [0, 0.05) is 24.2 Å². The number of nitrogens with one attached hydrogen (secondary N) is 1. The van der Waals surface area contributed by atoms with Crippen molar-refractivity contribution in [2.75, 3.05) is 0 Å². The monoisotopic (exact) mass is 182 g/mol. The van der Waals surface area contributed by atoms with Crippen LogP contribution in [-0.4, -0.2) is 16.0 Å². The molecule has 0 aliphatic heterocycles.